The fourth-order valence-corrected chi connectivity index (χ4v) is 3.33. The molecule has 0 unspecified atom stereocenters. The molecule has 3 amide bonds. The van der Waals surface area contributed by atoms with Crippen LogP contribution in [0.3, 0.4) is 0 Å². The van der Waals surface area contributed by atoms with Gasteiger partial charge in [0.05, 0.1) is 13.2 Å². The molecule has 7 heteroatoms. The number of piperazine rings is 1. The van der Waals surface area contributed by atoms with Crippen LogP contribution in [-0.4, -0.2) is 66.9 Å². The second-order valence-corrected chi connectivity index (χ2v) is 7.45. The maximum Gasteiger partial charge on any atom is 0.253 e. The zero-order valence-corrected chi connectivity index (χ0v) is 17.9. The lowest BCUT2D eigenvalue weighted by Gasteiger charge is -2.34. The van der Waals surface area contributed by atoms with Crippen molar-refractivity contribution in [1.29, 1.82) is 0 Å². The standard InChI is InChI=1S/C24H29N3O4/c1-2-3-17-31-21-11-9-19(10-12-21)23(29)25-18-22(28)26-13-15-27(16-14-26)24(30)20-7-5-4-6-8-20/h4-12H,2-3,13-18H2,1H3,(H,25,29). The van der Waals surface area contributed by atoms with Gasteiger partial charge >= 0.3 is 0 Å². The summed E-state index contributed by atoms with van der Waals surface area (Å²) in [7, 11) is 0. The van der Waals surface area contributed by atoms with Gasteiger partial charge in [-0.3, -0.25) is 14.4 Å². The summed E-state index contributed by atoms with van der Waals surface area (Å²) in [6, 6.07) is 16.0. The second kappa shape index (κ2) is 11.2. The zero-order valence-electron chi connectivity index (χ0n) is 17.9. The Hall–Kier alpha value is -3.35. The molecule has 0 spiro atoms. The highest BCUT2D eigenvalue weighted by molar-refractivity contribution is 5.97. The summed E-state index contributed by atoms with van der Waals surface area (Å²) >= 11 is 0. The Morgan fingerprint density at radius 2 is 1.52 bits per heavy atom. The fraction of sp³-hybridized carbons (Fsp3) is 0.375. The van der Waals surface area contributed by atoms with Crippen molar-refractivity contribution < 1.29 is 19.1 Å². The number of hydrogen-bond acceptors (Lipinski definition) is 4. The quantitative estimate of drug-likeness (QED) is 0.662. The number of ether oxygens (including phenoxy) is 1. The van der Waals surface area contributed by atoms with Crippen molar-refractivity contribution in [3.63, 3.8) is 0 Å². The lowest BCUT2D eigenvalue weighted by atomic mass is 10.2. The lowest BCUT2D eigenvalue weighted by molar-refractivity contribution is -0.131. The van der Waals surface area contributed by atoms with E-state index in [0.717, 1.165) is 18.6 Å². The van der Waals surface area contributed by atoms with Gasteiger partial charge in [-0.05, 0) is 42.8 Å². The molecule has 0 saturated carbocycles. The Bertz CT molecular complexity index is 875. The molecule has 1 N–H and O–H groups in total. The number of carbonyl (C=O) groups is 3. The van der Waals surface area contributed by atoms with E-state index >= 15 is 0 Å². The molecule has 1 aliphatic heterocycles. The van der Waals surface area contributed by atoms with E-state index in [4.69, 9.17) is 4.74 Å². The van der Waals surface area contributed by atoms with Crippen LogP contribution in [-0.2, 0) is 4.79 Å². The van der Waals surface area contributed by atoms with Gasteiger partial charge in [0.15, 0.2) is 0 Å². The predicted octanol–water partition coefficient (Wildman–Crippen LogP) is 2.58. The van der Waals surface area contributed by atoms with Crippen molar-refractivity contribution in [3.8, 4) is 5.75 Å². The van der Waals surface area contributed by atoms with Crippen LogP contribution in [0.5, 0.6) is 5.75 Å². The Morgan fingerprint density at radius 3 is 2.16 bits per heavy atom. The van der Waals surface area contributed by atoms with E-state index in [2.05, 4.69) is 12.2 Å². The number of benzene rings is 2. The van der Waals surface area contributed by atoms with Crippen LogP contribution in [0, 0.1) is 0 Å². The van der Waals surface area contributed by atoms with Crippen molar-refractivity contribution in [2.24, 2.45) is 0 Å². The molecule has 0 atom stereocenters. The number of nitrogens with one attached hydrogen (secondary N) is 1. The maximum atomic E-state index is 12.5. The number of amides is 3. The van der Waals surface area contributed by atoms with Crippen LogP contribution in [0.25, 0.3) is 0 Å². The fourth-order valence-electron chi connectivity index (χ4n) is 3.33. The topological polar surface area (TPSA) is 79.0 Å². The molecule has 1 heterocycles. The Kier molecular flexibility index (Phi) is 8.04. The molecule has 3 rings (SSSR count). The Balaban J connectivity index is 1.42. The summed E-state index contributed by atoms with van der Waals surface area (Å²) in [4.78, 5) is 40.7. The largest absolute Gasteiger partial charge is 0.494 e. The maximum absolute atomic E-state index is 12.5. The number of unbranched alkanes of at least 4 members (excludes halogenated alkanes) is 1. The SMILES string of the molecule is CCCCOc1ccc(C(=O)NCC(=O)N2CCN(C(=O)c3ccccc3)CC2)cc1. The zero-order chi connectivity index (χ0) is 22.1. The van der Waals surface area contributed by atoms with Crippen LogP contribution in [0.4, 0.5) is 0 Å². The molecule has 164 valence electrons. The van der Waals surface area contributed by atoms with Crippen molar-refractivity contribution in [2.75, 3.05) is 39.3 Å². The number of nitrogens with zero attached hydrogens (tertiary/aromatic N) is 2. The molecule has 7 nitrogen and oxygen atoms in total. The van der Waals surface area contributed by atoms with Gasteiger partial charge in [0.25, 0.3) is 11.8 Å². The predicted molar refractivity (Wildman–Crippen MR) is 118 cm³/mol. The summed E-state index contributed by atoms with van der Waals surface area (Å²) in [5.41, 5.74) is 1.13. The summed E-state index contributed by atoms with van der Waals surface area (Å²) in [5.74, 6) is 0.248. The number of hydrogen-bond donors (Lipinski definition) is 1. The second-order valence-electron chi connectivity index (χ2n) is 7.45. The summed E-state index contributed by atoms with van der Waals surface area (Å²) in [6.45, 7) is 4.55. The number of rotatable bonds is 8. The van der Waals surface area contributed by atoms with Gasteiger partial charge in [0, 0.05) is 37.3 Å². The molecule has 0 aromatic heterocycles. The van der Waals surface area contributed by atoms with Gasteiger partial charge in [-0.2, -0.15) is 0 Å². The van der Waals surface area contributed by atoms with Gasteiger partial charge in [0.1, 0.15) is 5.75 Å². The molecule has 1 aliphatic rings. The first-order valence-electron chi connectivity index (χ1n) is 10.7. The van der Waals surface area contributed by atoms with Crippen molar-refractivity contribution in [1.82, 2.24) is 15.1 Å². The third-order valence-corrected chi connectivity index (χ3v) is 5.22. The van der Waals surface area contributed by atoms with E-state index < -0.39 is 0 Å². The molecule has 2 aromatic rings. The van der Waals surface area contributed by atoms with Gasteiger partial charge in [0.2, 0.25) is 5.91 Å². The van der Waals surface area contributed by atoms with Crippen LogP contribution in [0.1, 0.15) is 40.5 Å². The van der Waals surface area contributed by atoms with Crippen LogP contribution < -0.4 is 10.1 Å². The molecule has 0 bridgehead atoms. The van der Waals surface area contributed by atoms with E-state index in [-0.39, 0.29) is 24.3 Å². The van der Waals surface area contributed by atoms with Gasteiger partial charge < -0.3 is 19.9 Å². The highest BCUT2D eigenvalue weighted by Crippen LogP contribution is 2.13. The molecule has 1 saturated heterocycles. The minimum Gasteiger partial charge on any atom is -0.494 e. The third kappa shape index (κ3) is 6.31. The lowest BCUT2D eigenvalue weighted by Crippen LogP contribution is -2.52. The Morgan fingerprint density at radius 1 is 0.871 bits per heavy atom. The van der Waals surface area contributed by atoms with Crippen molar-refractivity contribution >= 4 is 17.7 Å². The first-order chi connectivity index (χ1) is 15.1. The van der Waals surface area contributed by atoms with Gasteiger partial charge in [-0.15, -0.1) is 0 Å². The summed E-state index contributed by atoms with van der Waals surface area (Å²) in [6.07, 6.45) is 2.05. The van der Waals surface area contributed by atoms with Gasteiger partial charge in [-0.25, -0.2) is 0 Å². The molecule has 2 aromatic carbocycles. The average Bonchev–Trinajstić information content (AvgIpc) is 2.83. The third-order valence-electron chi connectivity index (χ3n) is 5.22. The Labute approximate surface area is 183 Å². The normalized spacial score (nSPS) is 13.6. The first kappa shape index (κ1) is 22.3. The number of carbonyl (C=O) groups excluding carboxylic acids is 3. The molecule has 0 radical (unpaired) electrons. The minimum atomic E-state index is -0.300. The molecule has 0 aliphatic carbocycles. The summed E-state index contributed by atoms with van der Waals surface area (Å²) in [5, 5.41) is 2.68. The molecular weight excluding hydrogens is 394 g/mol. The minimum absolute atomic E-state index is 0.0249. The molecule has 1 fully saturated rings. The van der Waals surface area contributed by atoms with E-state index in [1.165, 1.54) is 0 Å². The monoisotopic (exact) mass is 423 g/mol. The van der Waals surface area contributed by atoms with Gasteiger partial charge in [-0.1, -0.05) is 31.5 Å². The van der Waals surface area contributed by atoms with Crippen molar-refractivity contribution in [3.05, 3.63) is 65.7 Å². The van der Waals surface area contributed by atoms with Crippen molar-refractivity contribution in [2.45, 2.75) is 19.8 Å². The van der Waals surface area contributed by atoms with Crippen LogP contribution in [0.2, 0.25) is 0 Å². The van der Waals surface area contributed by atoms with Crippen LogP contribution >= 0.6 is 0 Å². The molecular formula is C24H29N3O4. The van der Waals surface area contributed by atoms with E-state index in [1.54, 1.807) is 46.2 Å². The highest BCUT2D eigenvalue weighted by atomic mass is 16.5. The molecule has 31 heavy (non-hydrogen) atoms. The average molecular weight is 424 g/mol. The highest BCUT2D eigenvalue weighted by Gasteiger charge is 2.24. The van der Waals surface area contributed by atoms with E-state index in [0.29, 0.717) is 43.9 Å². The van der Waals surface area contributed by atoms with Crippen LogP contribution in [0.15, 0.2) is 54.6 Å². The first-order valence-corrected chi connectivity index (χ1v) is 10.7. The van der Waals surface area contributed by atoms with E-state index in [1.807, 2.05) is 18.2 Å². The van der Waals surface area contributed by atoms with E-state index in [9.17, 15) is 14.4 Å². The smallest absolute Gasteiger partial charge is 0.253 e. The summed E-state index contributed by atoms with van der Waals surface area (Å²) < 4.78 is 5.59.